The van der Waals surface area contributed by atoms with Gasteiger partial charge in [-0.1, -0.05) is 6.42 Å². The van der Waals surface area contributed by atoms with Gasteiger partial charge in [0.1, 0.15) is 0 Å². The number of fused-ring (bicyclic) bond motifs is 1. The molecule has 132 valence electrons. The average Bonchev–Trinajstić information content (AvgIpc) is 2.92. The largest absolute Gasteiger partial charge is 0.493 e. The first-order chi connectivity index (χ1) is 12.2. The molecular weight excluding hydrogens is 336 g/mol. The summed E-state index contributed by atoms with van der Waals surface area (Å²) in [5, 5.41) is 4.06. The molecule has 3 rings (SSSR count). The van der Waals surface area contributed by atoms with Gasteiger partial charge in [-0.2, -0.15) is 5.10 Å². The van der Waals surface area contributed by atoms with Gasteiger partial charge >= 0.3 is 0 Å². The Morgan fingerprint density at radius 3 is 2.72 bits per heavy atom. The fourth-order valence-electron chi connectivity index (χ4n) is 2.93. The quantitative estimate of drug-likeness (QED) is 0.502. The molecule has 0 bridgehead atoms. The Labute approximate surface area is 151 Å². The Morgan fingerprint density at radius 2 is 1.92 bits per heavy atom. The van der Waals surface area contributed by atoms with Crippen LogP contribution in [-0.4, -0.2) is 26.3 Å². The lowest BCUT2D eigenvalue weighted by Gasteiger charge is -2.07. The Kier molecular flexibility index (Phi) is 5.71. The molecule has 1 amide bonds. The Morgan fingerprint density at radius 1 is 1.12 bits per heavy atom. The van der Waals surface area contributed by atoms with Crippen LogP contribution in [0.3, 0.4) is 0 Å². The molecule has 0 unspecified atom stereocenters. The Hall–Kier alpha value is -2.34. The van der Waals surface area contributed by atoms with Gasteiger partial charge in [0.2, 0.25) is 0 Å². The number of benzene rings is 1. The van der Waals surface area contributed by atoms with E-state index in [4.69, 9.17) is 9.47 Å². The van der Waals surface area contributed by atoms with Gasteiger partial charge in [-0.25, -0.2) is 5.43 Å². The number of hydrogen-bond acceptors (Lipinski definition) is 5. The van der Waals surface area contributed by atoms with E-state index in [1.807, 2.05) is 18.2 Å². The Bertz CT molecular complexity index is 759. The molecule has 1 heterocycles. The van der Waals surface area contributed by atoms with Crippen LogP contribution in [0.5, 0.6) is 11.5 Å². The average molecular weight is 358 g/mol. The summed E-state index contributed by atoms with van der Waals surface area (Å²) in [5.74, 6) is 1.12. The third kappa shape index (κ3) is 4.20. The number of hydrogen-bond donors (Lipinski definition) is 1. The van der Waals surface area contributed by atoms with Gasteiger partial charge in [-0.15, -0.1) is 11.3 Å². The number of amides is 1. The topological polar surface area (TPSA) is 59.9 Å². The molecule has 1 aliphatic rings. The molecule has 5 nitrogen and oxygen atoms in total. The number of rotatable bonds is 5. The van der Waals surface area contributed by atoms with Gasteiger partial charge < -0.3 is 9.47 Å². The fourth-order valence-corrected chi connectivity index (χ4v) is 4.08. The number of nitrogens with one attached hydrogen (secondary N) is 1. The van der Waals surface area contributed by atoms with Crippen LogP contribution >= 0.6 is 11.3 Å². The monoisotopic (exact) mass is 358 g/mol. The van der Waals surface area contributed by atoms with Crippen LogP contribution in [0.15, 0.2) is 29.4 Å². The first-order valence-corrected chi connectivity index (χ1v) is 9.20. The molecule has 1 aromatic heterocycles. The van der Waals surface area contributed by atoms with Crippen molar-refractivity contribution in [2.45, 2.75) is 32.1 Å². The van der Waals surface area contributed by atoms with Gasteiger partial charge in [0, 0.05) is 4.88 Å². The highest BCUT2D eigenvalue weighted by Crippen LogP contribution is 2.29. The molecule has 0 radical (unpaired) electrons. The van der Waals surface area contributed by atoms with Crippen LogP contribution in [0.2, 0.25) is 0 Å². The first-order valence-electron chi connectivity index (χ1n) is 8.38. The number of thiophene rings is 1. The second-order valence-corrected chi connectivity index (χ2v) is 7.07. The van der Waals surface area contributed by atoms with Crippen LogP contribution in [0.25, 0.3) is 0 Å². The minimum atomic E-state index is -0.158. The molecule has 1 aromatic carbocycles. The van der Waals surface area contributed by atoms with E-state index >= 15 is 0 Å². The SMILES string of the molecule is COc1ccc(/C=N\NC(=O)c2cc3c(s2)CCCCC3)cc1OC. The molecule has 0 saturated heterocycles. The first kappa shape index (κ1) is 17.5. The lowest BCUT2D eigenvalue weighted by atomic mass is 10.1. The number of ether oxygens (including phenoxy) is 2. The third-order valence-electron chi connectivity index (χ3n) is 4.26. The zero-order chi connectivity index (χ0) is 17.6. The van der Waals surface area contributed by atoms with Crippen molar-refractivity contribution < 1.29 is 14.3 Å². The van der Waals surface area contributed by atoms with Crippen LogP contribution in [0, 0.1) is 0 Å². The summed E-state index contributed by atoms with van der Waals surface area (Å²) in [6.07, 6.45) is 7.46. The van der Waals surface area contributed by atoms with Gasteiger partial charge in [0.05, 0.1) is 25.3 Å². The second-order valence-electron chi connectivity index (χ2n) is 5.93. The highest BCUT2D eigenvalue weighted by molar-refractivity contribution is 7.14. The molecule has 0 saturated carbocycles. The predicted octanol–water partition coefficient (Wildman–Crippen LogP) is 3.80. The number of carbonyl (C=O) groups is 1. The van der Waals surface area contributed by atoms with Crippen molar-refractivity contribution in [2.24, 2.45) is 5.10 Å². The van der Waals surface area contributed by atoms with Gasteiger partial charge in [0.25, 0.3) is 5.91 Å². The van der Waals surface area contributed by atoms with E-state index < -0.39 is 0 Å². The van der Waals surface area contributed by atoms with Crippen molar-refractivity contribution in [3.05, 3.63) is 45.1 Å². The molecule has 0 spiro atoms. The van der Waals surface area contributed by atoms with E-state index in [1.54, 1.807) is 37.8 Å². The van der Waals surface area contributed by atoms with E-state index in [-0.39, 0.29) is 5.91 Å². The van der Waals surface area contributed by atoms with E-state index in [0.29, 0.717) is 11.5 Å². The molecule has 2 aromatic rings. The summed E-state index contributed by atoms with van der Waals surface area (Å²) in [7, 11) is 3.18. The zero-order valence-electron chi connectivity index (χ0n) is 14.5. The summed E-state index contributed by atoms with van der Waals surface area (Å²) >= 11 is 1.59. The number of carbonyl (C=O) groups excluding carboxylic acids is 1. The van der Waals surface area contributed by atoms with Crippen molar-refractivity contribution in [2.75, 3.05) is 14.2 Å². The number of nitrogens with zero attached hydrogens (tertiary/aromatic N) is 1. The summed E-state index contributed by atoms with van der Waals surface area (Å²) in [6, 6.07) is 7.48. The lowest BCUT2D eigenvalue weighted by molar-refractivity contribution is 0.0959. The Balaban J connectivity index is 1.65. The smallest absolute Gasteiger partial charge is 0.281 e. The zero-order valence-corrected chi connectivity index (χ0v) is 15.3. The molecule has 1 N–H and O–H groups in total. The molecule has 6 heteroatoms. The summed E-state index contributed by atoms with van der Waals surface area (Å²) in [4.78, 5) is 14.4. The molecule has 0 fully saturated rings. The number of methoxy groups -OCH3 is 2. The normalized spacial score (nSPS) is 14.0. The van der Waals surface area contributed by atoms with Crippen molar-refractivity contribution in [3.8, 4) is 11.5 Å². The maximum Gasteiger partial charge on any atom is 0.281 e. The van der Waals surface area contributed by atoms with E-state index in [1.165, 1.54) is 29.7 Å². The van der Waals surface area contributed by atoms with Gasteiger partial charge in [-0.3, -0.25) is 4.79 Å². The summed E-state index contributed by atoms with van der Waals surface area (Å²) in [6.45, 7) is 0. The van der Waals surface area contributed by atoms with Crippen molar-refractivity contribution in [1.82, 2.24) is 5.43 Å². The number of aryl methyl sites for hydroxylation is 2. The number of hydrazone groups is 1. The molecule has 0 aliphatic heterocycles. The van der Waals surface area contributed by atoms with E-state index in [9.17, 15) is 4.79 Å². The van der Waals surface area contributed by atoms with Gasteiger partial charge in [-0.05, 0) is 61.1 Å². The third-order valence-corrected chi connectivity index (χ3v) is 5.49. The minimum Gasteiger partial charge on any atom is -0.493 e. The fraction of sp³-hybridized carbons (Fsp3) is 0.368. The van der Waals surface area contributed by atoms with Crippen molar-refractivity contribution in [1.29, 1.82) is 0 Å². The maximum atomic E-state index is 12.3. The maximum absolute atomic E-state index is 12.3. The molecular formula is C19H22N2O3S. The molecule has 1 aliphatic carbocycles. The van der Waals surface area contributed by atoms with Crippen molar-refractivity contribution >= 4 is 23.5 Å². The van der Waals surface area contributed by atoms with E-state index in [0.717, 1.165) is 23.3 Å². The minimum absolute atomic E-state index is 0.158. The standard InChI is InChI=1S/C19H22N2O3S/c1-23-15-9-8-13(10-16(15)24-2)12-20-21-19(22)18-11-14-6-4-3-5-7-17(14)25-18/h8-12H,3-7H2,1-2H3,(H,21,22)/b20-12-. The van der Waals surface area contributed by atoms with Crippen LogP contribution in [-0.2, 0) is 12.8 Å². The predicted molar refractivity (Wildman–Crippen MR) is 100 cm³/mol. The highest BCUT2D eigenvalue weighted by atomic mass is 32.1. The highest BCUT2D eigenvalue weighted by Gasteiger charge is 2.16. The summed E-state index contributed by atoms with van der Waals surface area (Å²) in [5.41, 5.74) is 4.76. The van der Waals surface area contributed by atoms with Crippen molar-refractivity contribution in [3.63, 3.8) is 0 Å². The van der Waals surface area contributed by atoms with Crippen LogP contribution < -0.4 is 14.9 Å². The second kappa shape index (κ2) is 8.16. The van der Waals surface area contributed by atoms with Crippen LogP contribution in [0.1, 0.15) is 44.9 Å². The molecule has 0 atom stereocenters. The van der Waals surface area contributed by atoms with Gasteiger partial charge in [0.15, 0.2) is 11.5 Å². The molecule has 25 heavy (non-hydrogen) atoms. The van der Waals surface area contributed by atoms with E-state index in [2.05, 4.69) is 10.5 Å². The summed E-state index contributed by atoms with van der Waals surface area (Å²) < 4.78 is 10.5. The lowest BCUT2D eigenvalue weighted by Crippen LogP contribution is -2.16. The van der Waals surface area contributed by atoms with Crippen LogP contribution in [0.4, 0.5) is 0 Å².